The van der Waals surface area contributed by atoms with Crippen molar-refractivity contribution in [2.45, 2.75) is 19.1 Å². The van der Waals surface area contributed by atoms with Crippen molar-refractivity contribution in [2.24, 2.45) is 0 Å². The van der Waals surface area contributed by atoms with Gasteiger partial charge in [-0.25, -0.2) is 4.79 Å². The summed E-state index contributed by atoms with van der Waals surface area (Å²) in [6, 6.07) is 24.8. The van der Waals surface area contributed by atoms with Crippen LogP contribution in [0, 0.1) is 0 Å². The number of ether oxygens (including phenoxy) is 1. The largest absolute Gasteiger partial charge is 0.507 e. The van der Waals surface area contributed by atoms with E-state index < -0.39 is 18.0 Å². The van der Waals surface area contributed by atoms with E-state index in [-0.39, 0.29) is 17.4 Å². The number of carbonyl (C=O) groups is 2. The molecule has 0 spiro atoms. The van der Waals surface area contributed by atoms with Gasteiger partial charge >= 0.3 is 5.97 Å². The van der Waals surface area contributed by atoms with Crippen LogP contribution in [0.15, 0.2) is 84.9 Å². The van der Waals surface area contributed by atoms with Crippen LogP contribution < -0.4 is 5.32 Å². The fourth-order valence-corrected chi connectivity index (χ4v) is 2.83. The molecule has 0 bridgehead atoms. The minimum Gasteiger partial charge on any atom is -0.507 e. The minimum atomic E-state index is -1.03. The Kier molecular flexibility index (Phi) is 6.07. The van der Waals surface area contributed by atoms with Gasteiger partial charge in [-0.1, -0.05) is 72.8 Å². The number of benzene rings is 3. The molecule has 5 nitrogen and oxygen atoms in total. The van der Waals surface area contributed by atoms with Crippen LogP contribution in [0.25, 0.3) is 0 Å². The van der Waals surface area contributed by atoms with Crippen LogP contribution in [0.1, 0.15) is 34.5 Å². The van der Waals surface area contributed by atoms with Gasteiger partial charge in [0.1, 0.15) is 11.3 Å². The molecule has 3 aromatic carbocycles. The lowest BCUT2D eigenvalue weighted by atomic mass is 9.98. The fourth-order valence-electron chi connectivity index (χ4n) is 2.83. The molecule has 1 amide bonds. The minimum absolute atomic E-state index is 0.0184. The third kappa shape index (κ3) is 4.57. The van der Waals surface area contributed by atoms with Crippen molar-refractivity contribution < 1.29 is 19.4 Å². The maximum absolute atomic E-state index is 12.7. The highest BCUT2D eigenvalue weighted by Crippen LogP contribution is 2.22. The number of amides is 1. The highest BCUT2D eigenvalue weighted by atomic mass is 16.5. The van der Waals surface area contributed by atoms with Gasteiger partial charge in [0.2, 0.25) is 0 Å². The Bertz CT molecular complexity index is 902. The normalized spacial score (nSPS) is 11.6. The zero-order chi connectivity index (χ0) is 19.9. The molecule has 0 saturated heterocycles. The predicted octanol–water partition coefficient (Wildman–Crippen LogP) is 3.84. The summed E-state index contributed by atoms with van der Waals surface area (Å²) in [5.41, 5.74) is 1.85. The molecule has 0 saturated carbocycles. The van der Waals surface area contributed by atoms with E-state index in [0.29, 0.717) is 0 Å². The molecule has 28 heavy (non-hydrogen) atoms. The Balaban J connectivity index is 1.75. The SMILES string of the molecule is C[C@@H](OC(=O)c1ccccc1O)C(=O)NC(c1ccccc1)c1ccccc1. The van der Waals surface area contributed by atoms with Gasteiger partial charge in [0.15, 0.2) is 6.10 Å². The van der Waals surface area contributed by atoms with Crippen LogP contribution in [0.3, 0.4) is 0 Å². The molecule has 0 heterocycles. The van der Waals surface area contributed by atoms with Gasteiger partial charge in [-0.05, 0) is 30.2 Å². The second-order valence-electron chi connectivity index (χ2n) is 6.33. The first kappa shape index (κ1) is 19.2. The first-order valence-corrected chi connectivity index (χ1v) is 8.95. The molecule has 1 atom stereocenters. The number of esters is 1. The van der Waals surface area contributed by atoms with E-state index in [9.17, 15) is 14.7 Å². The van der Waals surface area contributed by atoms with Crippen LogP contribution in [0.4, 0.5) is 0 Å². The van der Waals surface area contributed by atoms with Crippen molar-refractivity contribution in [2.75, 3.05) is 0 Å². The molecule has 3 rings (SSSR count). The van der Waals surface area contributed by atoms with Crippen LogP contribution in [0.2, 0.25) is 0 Å². The summed E-state index contributed by atoms with van der Waals surface area (Å²) in [5, 5.41) is 12.7. The number of phenols is 1. The van der Waals surface area contributed by atoms with Crippen molar-refractivity contribution in [3.8, 4) is 5.75 Å². The number of phenolic OH excluding ortho intramolecular Hbond substituents is 1. The summed E-state index contributed by atoms with van der Waals surface area (Å²) in [7, 11) is 0. The lowest BCUT2D eigenvalue weighted by Crippen LogP contribution is -2.38. The van der Waals surface area contributed by atoms with Crippen LogP contribution in [-0.2, 0) is 9.53 Å². The lowest BCUT2D eigenvalue weighted by molar-refractivity contribution is -0.129. The molecule has 5 heteroatoms. The Morgan fingerprint density at radius 1 is 0.821 bits per heavy atom. The van der Waals surface area contributed by atoms with Gasteiger partial charge in [0.25, 0.3) is 5.91 Å². The van der Waals surface area contributed by atoms with Crippen molar-refractivity contribution >= 4 is 11.9 Å². The van der Waals surface area contributed by atoms with Gasteiger partial charge in [-0.15, -0.1) is 0 Å². The molecule has 0 unspecified atom stereocenters. The molecule has 0 aromatic heterocycles. The van der Waals surface area contributed by atoms with Crippen molar-refractivity contribution in [3.05, 3.63) is 102 Å². The van der Waals surface area contributed by atoms with Crippen LogP contribution in [0.5, 0.6) is 5.75 Å². The van der Waals surface area contributed by atoms with E-state index in [1.807, 2.05) is 60.7 Å². The summed E-state index contributed by atoms with van der Waals surface area (Å²) in [5.74, 6) is -1.37. The van der Waals surface area contributed by atoms with Gasteiger partial charge < -0.3 is 15.2 Å². The topological polar surface area (TPSA) is 75.6 Å². The number of para-hydroxylation sites is 1. The summed E-state index contributed by atoms with van der Waals surface area (Å²) in [6.45, 7) is 1.50. The molecular formula is C23H21NO4. The van der Waals surface area contributed by atoms with Gasteiger partial charge in [-0.3, -0.25) is 4.79 Å². The summed E-state index contributed by atoms with van der Waals surface area (Å²) in [4.78, 5) is 24.9. The molecule has 142 valence electrons. The predicted molar refractivity (Wildman–Crippen MR) is 106 cm³/mol. The number of rotatable bonds is 6. The zero-order valence-electron chi connectivity index (χ0n) is 15.4. The third-order valence-electron chi connectivity index (χ3n) is 4.33. The van der Waals surface area contributed by atoms with Gasteiger partial charge in [0, 0.05) is 0 Å². The summed E-state index contributed by atoms with van der Waals surface area (Å²) >= 11 is 0. The molecule has 0 aliphatic rings. The second-order valence-corrected chi connectivity index (χ2v) is 6.33. The van der Waals surface area contributed by atoms with Crippen molar-refractivity contribution in [3.63, 3.8) is 0 Å². The van der Waals surface area contributed by atoms with Gasteiger partial charge in [-0.2, -0.15) is 0 Å². The Hall–Kier alpha value is -3.60. The lowest BCUT2D eigenvalue weighted by Gasteiger charge is -2.22. The first-order valence-electron chi connectivity index (χ1n) is 8.95. The average molecular weight is 375 g/mol. The van der Waals surface area contributed by atoms with Gasteiger partial charge in [0.05, 0.1) is 6.04 Å². The molecule has 0 fully saturated rings. The summed E-state index contributed by atoms with van der Waals surface area (Å²) in [6.07, 6.45) is -1.03. The molecule has 0 radical (unpaired) electrons. The molecule has 2 N–H and O–H groups in total. The monoisotopic (exact) mass is 375 g/mol. The number of hydrogen-bond acceptors (Lipinski definition) is 4. The third-order valence-corrected chi connectivity index (χ3v) is 4.33. The highest BCUT2D eigenvalue weighted by Gasteiger charge is 2.24. The maximum Gasteiger partial charge on any atom is 0.342 e. The Morgan fingerprint density at radius 3 is 1.86 bits per heavy atom. The number of nitrogens with one attached hydrogen (secondary N) is 1. The van der Waals surface area contributed by atoms with E-state index in [0.717, 1.165) is 11.1 Å². The van der Waals surface area contributed by atoms with E-state index in [2.05, 4.69) is 5.32 Å². The average Bonchev–Trinajstić information content (AvgIpc) is 2.73. The second kappa shape index (κ2) is 8.86. The van der Waals surface area contributed by atoms with E-state index in [1.54, 1.807) is 12.1 Å². The maximum atomic E-state index is 12.7. The standard InChI is InChI=1S/C23H21NO4/c1-16(28-23(27)19-14-8-9-15-20(19)25)22(26)24-21(17-10-4-2-5-11-17)18-12-6-3-7-13-18/h2-16,21,25H,1H3,(H,24,26)/t16-/m1/s1. The Morgan fingerprint density at radius 2 is 1.32 bits per heavy atom. The molecule has 0 aliphatic carbocycles. The van der Waals surface area contributed by atoms with E-state index in [4.69, 9.17) is 4.74 Å². The van der Waals surface area contributed by atoms with Crippen LogP contribution >= 0.6 is 0 Å². The zero-order valence-corrected chi connectivity index (χ0v) is 15.4. The molecular weight excluding hydrogens is 354 g/mol. The number of carbonyl (C=O) groups excluding carboxylic acids is 2. The summed E-state index contributed by atoms with van der Waals surface area (Å²) < 4.78 is 5.24. The molecule has 3 aromatic rings. The highest BCUT2D eigenvalue weighted by molar-refractivity contribution is 5.94. The number of aromatic hydroxyl groups is 1. The van der Waals surface area contributed by atoms with Crippen LogP contribution in [-0.4, -0.2) is 23.1 Å². The quantitative estimate of drug-likeness (QED) is 0.642. The fraction of sp³-hybridized carbons (Fsp3) is 0.130. The Labute approximate surface area is 163 Å². The first-order chi connectivity index (χ1) is 13.6. The smallest absolute Gasteiger partial charge is 0.342 e. The van der Waals surface area contributed by atoms with E-state index in [1.165, 1.54) is 19.1 Å². The van der Waals surface area contributed by atoms with E-state index >= 15 is 0 Å². The molecule has 0 aliphatic heterocycles. The van der Waals surface area contributed by atoms with Crippen molar-refractivity contribution in [1.29, 1.82) is 0 Å². The number of hydrogen-bond donors (Lipinski definition) is 2. The van der Waals surface area contributed by atoms with Crippen molar-refractivity contribution in [1.82, 2.24) is 5.32 Å².